The molecule has 0 radical (unpaired) electrons. The fourth-order valence-electron chi connectivity index (χ4n) is 3.66. The Balaban J connectivity index is 1.78. The molecule has 0 bridgehead atoms. The summed E-state index contributed by atoms with van der Waals surface area (Å²) in [5.41, 5.74) is 3.19. The van der Waals surface area contributed by atoms with Crippen LogP contribution in [0.25, 0.3) is 10.9 Å². The maximum Gasteiger partial charge on any atom is 0.258 e. The van der Waals surface area contributed by atoms with Gasteiger partial charge in [-0.05, 0) is 60.3 Å². The van der Waals surface area contributed by atoms with Gasteiger partial charge in [-0.15, -0.1) is 0 Å². The van der Waals surface area contributed by atoms with E-state index in [-0.39, 0.29) is 18.0 Å². The van der Waals surface area contributed by atoms with E-state index in [0.717, 1.165) is 16.5 Å². The Morgan fingerprint density at radius 3 is 2.34 bits per heavy atom. The normalized spacial score (nSPS) is 10.7. The molecule has 0 atom stereocenters. The summed E-state index contributed by atoms with van der Waals surface area (Å²) in [6, 6.07) is 21.8. The molecule has 0 saturated heterocycles. The number of aromatic nitrogens is 1. The number of aromatic amines is 1. The highest BCUT2D eigenvalue weighted by Gasteiger charge is 2.20. The van der Waals surface area contributed by atoms with Gasteiger partial charge in [0.15, 0.2) is 0 Å². The van der Waals surface area contributed by atoms with Crippen molar-refractivity contribution in [1.29, 1.82) is 0 Å². The summed E-state index contributed by atoms with van der Waals surface area (Å²) in [7, 11) is 3.15. The highest BCUT2D eigenvalue weighted by Crippen LogP contribution is 2.25. The molecule has 32 heavy (non-hydrogen) atoms. The van der Waals surface area contributed by atoms with Gasteiger partial charge in [0.1, 0.15) is 11.5 Å². The lowest BCUT2D eigenvalue weighted by molar-refractivity contribution is 0.0985. The predicted octanol–water partition coefficient (Wildman–Crippen LogP) is 4.70. The lowest BCUT2D eigenvalue weighted by Gasteiger charge is -2.23. The zero-order valence-corrected chi connectivity index (χ0v) is 18.2. The summed E-state index contributed by atoms with van der Waals surface area (Å²) in [4.78, 5) is 30.9. The number of aryl methyl sites for hydroxylation is 1. The van der Waals surface area contributed by atoms with Gasteiger partial charge in [-0.25, -0.2) is 0 Å². The molecule has 0 spiro atoms. The van der Waals surface area contributed by atoms with Crippen molar-refractivity contribution in [2.45, 2.75) is 13.5 Å². The van der Waals surface area contributed by atoms with E-state index in [1.807, 2.05) is 49.4 Å². The number of nitrogens with one attached hydrogen (secondary N) is 1. The van der Waals surface area contributed by atoms with Crippen LogP contribution in [0.1, 0.15) is 21.5 Å². The number of fused-ring (bicyclic) bond motifs is 1. The van der Waals surface area contributed by atoms with E-state index < -0.39 is 0 Å². The fraction of sp³-hybridized carbons (Fsp3) is 0.154. The molecule has 6 heteroatoms. The van der Waals surface area contributed by atoms with Gasteiger partial charge < -0.3 is 19.4 Å². The number of anilines is 1. The molecule has 0 unspecified atom stereocenters. The second-order valence-electron chi connectivity index (χ2n) is 7.48. The average Bonchev–Trinajstić information content (AvgIpc) is 2.83. The fourth-order valence-corrected chi connectivity index (χ4v) is 3.66. The summed E-state index contributed by atoms with van der Waals surface area (Å²) in [5, 5.41) is 0.919. The van der Waals surface area contributed by atoms with E-state index in [1.165, 1.54) is 0 Å². The van der Waals surface area contributed by atoms with Gasteiger partial charge in [0.05, 0.1) is 26.3 Å². The largest absolute Gasteiger partial charge is 0.497 e. The maximum atomic E-state index is 13.5. The molecule has 1 aromatic heterocycles. The van der Waals surface area contributed by atoms with Crippen LogP contribution in [0, 0.1) is 6.92 Å². The molecular weight excluding hydrogens is 404 g/mol. The van der Waals surface area contributed by atoms with Crippen LogP contribution in [-0.2, 0) is 6.54 Å². The zero-order chi connectivity index (χ0) is 22.7. The Bertz CT molecular complexity index is 1330. The molecule has 1 N–H and O–H groups in total. The molecule has 0 aliphatic rings. The number of hydrogen-bond donors (Lipinski definition) is 1. The molecule has 0 fully saturated rings. The summed E-state index contributed by atoms with van der Waals surface area (Å²) in [6.45, 7) is 2.06. The first-order valence-corrected chi connectivity index (χ1v) is 10.2. The SMILES string of the molecule is COc1ccc(C(=O)N(Cc2cc3cccc(C)c3[nH]c2=O)c2cccc(OC)c2)cc1. The van der Waals surface area contributed by atoms with Crippen LogP contribution in [0.3, 0.4) is 0 Å². The number of nitrogens with zero attached hydrogens (tertiary/aromatic N) is 1. The van der Waals surface area contributed by atoms with Crippen molar-refractivity contribution in [3.05, 3.63) is 99.8 Å². The molecule has 4 rings (SSSR count). The molecule has 162 valence electrons. The Morgan fingerprint density at radius 1 is 0.906 bits per heavy atom. The van der Waals surface area contributed by atoms with Gasteiger partial charge in [-0.3, -0.25) is 9.59 Å². The van der Waals surface area contributed by atoms with Crippen LogP contribution in [0.15, 0.2) is 77.6 Å². The topological polar surface area (TPSA) is 71.6 Å². The summed E-state index contributed by atoms with van der Waals surface area (Å²) in [5.74, 6) is 1.05. The average molecular weight is 428 g/mol. The van der Waals surface area contributed by atoms with Crippen molar-refractivity contribution in [3.63, 3.8) is 0 Å². The molecule has 0 aliphatic carbocycles. The number of ether oxygens (including phenoxy) is 2. The molecule has 0 aliphatic heterocycles. The summed E-state index contributed by atoms with van der Waals surface area (Å²) in [6.07, 6.45) is 0. The number of methoxy groups -OCH3 is 2. The van der Waals surface area contributed by atoms with Crippen LogP contribution in [-0.4, -0.2) is 25.1 Å². The molecular formula is C26H24N2O4. The van der Waals surface area contributed by atoms with Gasteiger partial charge in [0.25, 0.3) is 11.5 Å². The first-order valence-electron chi connectivity index (χ1n) is 10.2. The van der Waals surface area contributed by atoms with E-state index in [9.17, 15) is 9.59 Å². The van der Waals surface area contributed by atoms with Gasteiger partial charge in [0.2, 0.25) is 0 Å². The number of amides is 1. The van der Waals surface area contributed by atoms with Crippen molar-refractivity contribution < 1.29 is 14.3 Å². The Hall–Kier alpha value is -4.06. The van der Waals surface area contributed by atoms with E-state index in [2.05, 4.69) is 4.98 Å². The molecule has 0 saturated carbocycles. The number of carbonyl (C=O) groups excluding carboxylic acids is 1. The Labute approximate surface area is 186 Å². The number of benzene rings is 3. The number of pyridine rings is 1. The van der Waals surface area contributed by atoms with E-state index in [0.29, 0.717) is 28.3 Å². The molecule has 1 amide bonds. The Kier molecular flexibility index (Phi) is 5.94. The molecule has 6 nitrogen and oxygen atoms in total. The third-order valence-electron chi connectivity index (χ3n) is 5.44. The summed E-state index contributed by atoms with van der Waals surface area (Å²) >= 11 is 0. The van der Waals surface area contributed by atoms with Crippen molar-refractivity contribution >= 4 is 22.5 Å². The third kappa shape index (κ3) is 4.21. The van der Waals surface area contributed by atoms with E-state index in [1.54, 1.807) is 49.5 Å². The van der Waals surface area contributed by atoms with Crippen LogP contribution in [0.4, 0.5) is 5.69 Å². The Morgan fingerprint density at radius 2 is 1.62 bits per heavy atom. The zero-order valence-electron chi connectivity index (χ0n) is 18.2. The number of H-pyrrole nitrogens is 1. The number of para-hydroxylation sites is 1. The lowest BCUT2D eigenvalue weighted by Crippen LogP contribution is -2.33. The van der Waals surface area contributed by atoms with E-state index in [4.69, 9.17) is 9.47 Å². The molecule has 4 aromatic rings. The quantitative estimate of drug-likeness (QED) is 0.483. The minimum atomic E-state index is -0.232. The maximum absolute atomic E-state index is 13.5. The second kappa shape index (κ2) is 8.98. The van der Waals surface area contributed by atoms with Crippen molar-refractivity contribution in [2.24, 2.45) is 0 Å². The van der Waals surface area contributed by atoms with Gasteiger partial charge in [-0.1, -0.05) is 24.3 Å². The second-order valence-corrected chi connectivity index (χ2v) is 7.48. The van der Waals surface area contributed by atoms with Gasteiger partial charge in [0, 0.05) is 22.9 Å². The first-order chi connectivity index (χ1) is 15.5. The minimum Gasteiger partial charge on any atom is -0.497 e. The standard InChI is InChI=1S/C26H24N2O4/c1-17-6-4-7-19-14-20(25(29)27-24(17)19)16-28(21-8-5-9-23(15-21)32-3)26(30)18-10-12-22(31-2)13-11-18/h4-15H,16H2,1-3H3,(H,27,29). The summed E-state index contributed by atoms with van der Waals surface area (Å²) < 4.78 is 10.5. The van der Waals surface area contributed by atoms with Gasteiger partial charge >= 0.3 is 0 Å². The van der Waals surface area contributed by atoms with Crippen LogP contribution < -0.4 is 19.9 Å². The van der Waals surface area contributed by atoms with E-state index >= 15 is 0 Å². The van der Waals surface area contributed by atoms with Crippen molar-refractivity contribution in [3.8, 4) is 11.5 Å². The highest BCUT2D eigenvalue weighted by molar-refractivity contribution is 6.06. The van der Waals surface area contributed by atoms with Gasteiger partial charge in [-0.2, -0.15) is 0 Å². The third-order valence-corrected chi connectivity index (χ3v) is 5.44. The molecule has 3 aromatic carbocycles. The van der Waals surface area contributed by atoms with Crippen molar-refractivity contribution in [2.75, 3.05) is 19.1 Å². The van der Waals surface area contributed by atoms with Crippen LogP contribution >= 0.6 is 0 Å². The number of hydrogen-bond acceptors (Lipinski definition) is 4. The van der Waals surface area contributed by atoms with Crippen molar-refractivity contribution in [1.82, 2.24) is 4.98 Å². The van der Waals surface area contributed by atoms with Crippen LogP contribution in [0.2, 0.25) is 0 Å². The smallest absolute Gasteiger partial charge is 0.258 e. The minimum absolute atomic E-state index is 0.108. The first kappa shape index (κ1) is 21.2. The van der Waals surface area contributed by atoms with Crippen LogP contribution in [0.5, 0.6) is 11.5 Å². The predicted molar refractivity (Wildman–Crippen MR) is 126 cm³/mol. The highest BCUT2D eigenvalue weighted by atomic mass is 16.5. The number of carbonyl (C=O) groups is 1. The monoisotopic (exact) mass is 428 g/mol. The number of rotatable bonds is 6. The lowest BCUT2D eigenvalue weighted by atomic mass is 10.1. The molecule has 1 heterocycles.